The van der Waals surface area contributed by atoms with Crippen LogP contribution in [-0.2, 0) is 0 Å². The van der Waals surface area contributed by atoms with Gasteiger partial charge in [0.15, 0.2) is 5.13 Å². The SMILES string of the molecule is CC(C)CCCNc1nc2ccccc2s1. The molecule has 0 aliphatic rings. The summed E-state index contributed by atoms with van der Waals surface area (Å²) < 4.78 is 1.26. The highest BCUT2D eigenvalue weighted by molar-refractivity contribution is 7.22. The van der Waals surface area contributed by atoms with Gasteiger partial charge in [-0.15, -0.1) is 0 Å². The molecule has 0 saturated heterocycles. The van der Waals surface area contributed by atoms with Crippen LogP contribution in [0, 0.1) is 5.92 Å². The van der Waals surface area contributed by atoms with E-state index < -0.39 is 0 Å². The highest BCUT2D eigenvalue weighted by atomic mass is 32.1. The monoisotopic (exact) mass is 234 g/mol. The van der Waals surface area contributed by atoms with Crippen LogP contribution >= 0.6 is 11.3 Å². The lowest BCUT2D eigenvalue weighted by atomic mass is 10.1. The van der Waals surface area contributed by atoms with E-state index in [0.717, 1.165) is 23.1 Å². The van der Waals surface area contributed by atoms with Crippen molar-refractivity contribution < 1.29 is 0 Å². The van der Waals surface area contributed by atoms with Crippen LogP contribution < -0.4 is 5.32 Å². The van der Waals surface area contributed by atoms with Gasteiger partial charge in [0.1, 0.15) is 0 Å². The Labute approximate surface area is 101 Å². The Kier molecular flexibility index (Phi) is 3.78. The van der Waals surface area contributed by atoms with E-state index in [0.29, 0.717) is 0 Å². The van der Waals surface area contributed by atoms with E-state index >= 15 is 0 Å². The summed E-state index contributed by atoms with van der Waals surface area (Å²) in [7, 11) is 0. The number of aromatic nitrogens is 1. The van der Waals surface area contributed by atoms with Gasteiger partial charge >= 0.3 is 0 Å². The minimum absolute atomic E-state index is 0.789. The average molecular weight is 234 g/mol. The van der Waals surface area contributed by atoms with E-state index in [4.69, 9.17) is 0 Å². The first-order valence-electron chi connectivity index (χ1n) is 5.85. The van der Waals surface area contributed by atoms with Crippen LogP contribution in [-0.4, -0.2) is 11.5 Å². The number of hydrogen-bond acceptors (Lipinski definition) is 3. The number of benzene rings is 1. The molecule has 1 aromatic heterocycles. The van der Waals surface area contributed by atoms with E-state index in [2.05, 4.69) is 42.3 Å². The van der Waals surface area contributed by atoms with E-state index in [1.807, 2.05) is 6.07 Å². The van der Waals surface area contributed by atoms with Crippen molar-refractivity contribution in [2.45, 2.75) is 26.7 Å². The van der Waals surface area contributed by atoms with E-state index in [9.17, 15) is 0 Å². The third kappa shape index (κ3) is 2.95. The molecule has 86 valence electrons. The molecule has 0 fully saturated rings. The minimum Gasteiger partial charge on any atom is -0.361 e. The van der Waals surface area contributed by atoms with Crippen molar-refractivity contribution in [3.8, 4) is 0 Å². The number of para-hydroxylation sites is 1. The number of anilines is 1. The molecule has 2 nitrogen and oxygen atoms in total. The van der Waals surface area contributed by atoms with E-state index in [-0.39, 0.29) is 0 Å². The Hall–Kier alpha value is -1.09. The summed E-state index contributed by atoms with van der Waals surface area (Å²) in [6, 6.07) is 8.27. The van der Waals surface area contributed by atoms with Crippen molar-refractivity contribution in [1.29, 1.82) is 0 Å². The number of rotatable bonds is 5. The Morgan fingerprint density at radius 1 is 1.31 bits per heavy atom. The first kappa shape index (κ1) is 11.4. The van der Waals surface area contributed by atoms with Crippen molar-refractivity contribution in [3.63, 3.8) is 0 Å². The van der Waals surface area contributed by atoms with Crippen LogP contribution in [0.5, 0.6) is 0 Å². The molecule has 0 spiro atoms. The number of nitrogens with one attached hydrogen (secondary N) is 1. The molecule has 0 aliphatic carbocycles. The summed E-state index contributed by atoms with van der Waals surface area (Å²) in [5.41, 5.74) is 1.10. The van der Waals surface area contributed by atoms with Crippen molar-refractivity contribution in [1.82, 2.24) is 4.98 Å². The summed E-state index contributed by atoms with van der Waals surface area (Å²) in [5, 5.41) is 4.44. The number of hydrogen-bond donors (Lipinski definition) is 1. The van der Waals surface area contributed by atoms with Gasteiger partial charge in [0.05, 0.1) is 10.2 Å². The Morgan fingerprint density at radius 3 is 2.88 bits per heavy atom. The summed E-state index contributed by atoms with van der Waals surface area (Å²) in [5.74, 6) is 0.789. The Balaban J connectivity index is 1.89. The second-order valence-corrected chi connectivity index (χ2v) is 5.48. The molecule has 0 bridgehead atoms. The second kappa shape index (κ2) is 5.30. The molecular weight excluding hydrogens is 216 g/mol. The molecule has 1 N–H and O–H groups in total. The van der Waals surface area contributed by atoms with Crippen molar-refractivity contribution in [2.24, 2.45) is 5.92 Å². The predicted molar refractivity (Wildman–Crippen MR) is 72.2 cm³/mol. The fourth-order valence-electron chi connectivity index (χ4n) is 1.65. The first-order chi connectivity index (χ1) is 7.75. The standard InChI is InChI=1S/C13H18N2S/c1-10(2)6-5-9-14-13-15-11-7-3-4-8-12(11)16-13/h3-4,7-8,10H,5-6,9H2,1-2H3,(H,14,15). The number of fused-ring (bicyclic) bond motifs is 1. The maximum Gasteiger partial charge on any atom is 0.183 e. The van der Waals surface area contributed by atoms with Crippen LogP contribution in [0.1, 0.15) is 26.7 Å². The Bertz CT molecular complexity index is 415. The lowest BCUT2D eigenvalue weighted by Gasteiger charge is -2.04. The molecule has 0 radical (unpaired) electrons. The fraction of sp³-hybridized carbons (Fsp3) is 0.462. The van der Waals surface area contributed by atoms with E-state index in [1.54, 1.807) is 11.3 Å². The average Bonchev–Trinajstić information content (AvgIpc) is 2.66. The molecule has 0 aliphatic heterocycles. The van der Waals surface area contributed by atoms with Gasteiger partial charge in [0.2, 0.25) is 0 Å². The molecule has 1 heterocycles. The van der Waals surface area contributed by atoms with Crippen molar-refractivity contribution >= 4 is 26.7 Å². The van der Waals surface area contributed by atoms with Gasteiger partial charge < -0.3 is 5.32 Å². The summed E-state index contributed by atoms with van der Waals surface area (Å²) in [6.45, 7) is 5.55. The lowest BCUT2D eigenvalue weighted by Crippen LogP contribution is -2.02. The van der Waals surface area contributed by atoms with Crippen LogP contribution in [0.15, 0.2) is 24.3 Å². The van der Waals surface area contributed by atoms with Crippen LogP contribution in [0.3, 0.4) is 0 Å². The molecule has 2 rings (SSSR count). The largest absolute Gasteiger partial charge is 0.361 e. The van der Waals surface area contributed by atoms with Gasteiger partial charge in [-0.1, -0.05) is 37.3 Å². The fourth-order valence-corrected chi connectivity index (χ4v) is 2.54. The van der Waals surface area contributed by atoms with Gasteiger partial charge in [-0.25, -0.2) is 4.98 Å². The van der Waals surface area contributed by atoms with Crippen LogP contribution in [0.2, 0.25) is 0 Å². The molecule has 0 saturated carbocycles. The lowest BCUT2D eigenvalue weighted by molar-refractivity contribution is 0.567. The molecule has 1 aromatic carbocycles. The quantitative estimate of drug-likeness (QED) is 0.786. The highest BCUT2D eigenvalue weighted by Gasteiger charge is 2.01. The summed E-state index contributed by atoms with van der Waals surface area (Å²) >= 11 is 1.73. The predicted octanol–water partition coefficient (Wildman–Crippen LogP) is 4.14. The molecule has 0 unspecified atom stereocenters. The Morgan fingerprint density at radius 2 is 2.12 bits per heavy atom. The molecule has 0 amide bonds. The third-order valence-corrected chi connectivity index (χ3v) is 3.52. The maximum absolute atomic E-state index is 4.54. The van der Waals surface area contributed by atoms with Crippen molar-refractivity contribution in [2.75, 3.05) is 11.9 Å². The van der Waals surface area contributed by atoms with Crippen molar-refractivity contribution in [3.05, 3.63) is 24.3 Å². The van der Waals surface area contributed by atoms with Gasteiger partial charge in [-0.3, -0.25) is 0 Å². The minimum atomic E-state index is 0.789. The number of thiazole rings is 1. The first-order valence-corrected chi connectivity index (χ1v) is 6.67. The number of nitrogens with zero attached hydrogens (tertiary/aromatic N) is 1. The summed E-state index contributed by atoms with van der Waals surface area (Å²) in [4.78, 5) is 4.54. The smallest absolute Gasteiger partial charge is 0.183 e. The van der Waals surface area contributed by atoms with E-state index in [1.165, 1.54) is 17.5 Å². The van der Waals surface area contributed by atoms with Crippen LogP contribution in [0.4, 0.5) is 5.13 Å². The highest BCUT2D eigenvalue weighted by Crippen LogP contribution is 2.25. The maximum atomic E-state index is 4.54. The third-order valence-electron chi connectivity index (χ3n) is 2.53. The summed E-state index contributed by atoms with van der Waals surface area (Å²) in [6.07, 6.45) is 2.49. The molecular formula is C13H18N2S. The molecule has 3 heteroatoms. The molecule has 16 heavy (non-hydrogen) atoms. The van der Waals surface area contributed by atoms with Gasteiger partial charge in [0, 0.05) is 6.54 Å². The second-order valence-electron chi connectivity index (χ2n) is 4.45. The van der Waals surface area contributed by atoms with Gasteiger partial charge in [-0.05, 0) is 30.9 Å². The topological polar surface area (TPSA) is 24.9 Å². The molecule has 0 atom stereocenters. The zero-order chi connectivity index (χ0) is 11.4. The van der Waals surface area contributed by atoms with Crippen LogP contribution in [0.25, 0.3) is 10.2 Å². The zero-order valence-corrected chi connectivity index (χ0v) is 10.7. The normalized spacial score (nSPS) is 11.2. The molecule has 2 aromatic rings. The van der Waals surface area contributed by atoms with Gasteiger partial charge in [-0.2, -0.15) is 0 Å². The zero-order valence-electron chi connectivity index (χ0n) is 9.86. The van der Waals surface area contributed by atoms with Gasteiger partial charge in [0.25, 0.3) is 0 Å².